The SMILES string of the molecule is O=C(CCN1CCN(Cc2ccccn2)CC1)Nc1ccc(Cl)cc1F. The summed E-state index contributed by atoms with van der Waals surface area (Å²) in [6.45, 7) is 5.24. The summed E-state index contributed by atoms with van der Waals surface area (Å²) in [6, 6.07) is 10.2. The number of benzene rings is 1. The van der Waals surface area contributed by atoms with E-state index >= 15 is 0 Å². The molecule has 0 aliphatic carbocycles. The minimum absolute atomic E-state index is 0.166. The van der Waals surface area contributed by atoms with Gasteiger partial charge in [-0.25, -0.2) is 4.39 Å². The Kier molecular flexibility index (Phi) is 6.55. The molecule has 0 radical (unpaired) electrons. The fourth-order valence-corrected chi connectivity index (χ4v) is 3.11. The van der Waals surface area contributed by atoms with Gasteiger partial charge in [0.15, 0.2) is 0 Å². The zero-order valence-corrected chi connectivity index (χ0v) is 15.3. The Balaban J connectivity index is 1.38. The van der Waals surface area contributed by atoms with Crippen molar-refractivity contribution < 1.29 is 9.18 Å². The average Bonchev–Trinajstić information content (AvgIpc) is 2.64. The first-order chi connectivity index (χ1) is 12.6. The molecule has 1 fully saturated rings. The third kappa shape index (κ3) is 5.49. The molecule has 1 saturated heterocycles. The van der Waals surface area contributed by atoms with Crippen molar-refractivity contribution in [3.05, 3.63) is 59.1 Å². The molecule has 26 heavy (non-hydrogen) atoms. The highest BCUT2D eigenvalue weighted by molar-refractivity contribution is 6.30. The molecule has 1 amide bonds. The van der Waals surface area contributed by atoms with Gasteiger partial charge >= 0.3 is 0 Å². The van der Waals surface area contributed by atoms with E-state index in [1.807, 2.05) is 24.4 Å². The Labute approximate surface area is 157 Å². The smallest absolute Gasteiger partial charge is 0.225 e. The van der Waals surface area contributed by atoms with Gasteiger partial charge in [-0.2, -0.15) is 0 Å². The van der Waals surface area contributed by atoms with Crippen LogP contribution in [0.3, 0.4) is 0 Å². The zero-order valence-electron chi connectivity index (χ0n) is 14.5. The molecule has 2 heterocycles. The quantitative estimate of drug-likeness (QED) is 0.842. The van der Waals surface area contributed by atoms with E-state index in [0.717, 1.165) is 38.4 Å². The van der Waals surface area contributed by atoms with E-state index in [9.17, 15) is 9.18 Å². The number of carbonyl (C=O) groups is 1. The van der Waals surface area contributed by atoms with Crippen molar-refractivity contribution in [1.29, 1.82) is 0 Å². The molecular weight excluding hydrogens is 355 g/mol. The number of carbonyl (C=O) groups excluding carboxylic acids is 1. The predicted molar refractivity (Wildman–Crippen MR) is 101 cm³/mol. The van der Waals surface area contributed by atoms with Crippen molar-refractivity contribution in [2.24, 2.45) is 0 Å². The van der Waals surface area contributed by atoms with Gasteiger partial charge in [-0.05, 0) is 30.3 Å². The minimum atomic E-state index is -0.519. The summed E-state index contributed by atoms with van der Waals surface area (Å²) in [5, 5.41) is 2.91. The van der Waals surface area contributed by atoms with Gasteiger partial charge in [0.1, 0.15) is 5.82 Å². The lowest BCUT2D eigenvalue weighted by Gasteiger charge is -2.34. The topological polar surface area (TPSA) is 48.5 Å². The Bertz CT molecular complexity index is 736. The number of aromatic nitrogens is 1. The first-order valence-electron chi connectivity index (χ1n) is 8.70. The maximum Gasteiger partial charge on any atom is 0.225 e. The normalized spacial score (nSPS) is 15.8. The van der Waals surface area contributed by atoms with Crippen LogP contribution in [0.5, 0.6) is 0 Å². The van der Waals surface area contributed by atoms with Crippen LogP contribution in [0, 0.1) is 5.82 Å². The fourth-order valence-electron chi connectivity index (χ4n) is 2.95. The third-order valence-electron chi connectivity index (χ3n) is 4.44. The third-order valence-corrected chi connectivity index (χ3v) is 4.67. The van der Waals surface area contributed by atoms with Crippen LogP contribution in [0.25, 0.3) is 0 Å². The lowest BCUT2D eigenvalue weighted by Crippen LogP contribution is -2.46. The van der Waals surface area contributed by atoms with E-state index in [2.05, 4.69) is 20.1 Å². The molecule has 0 unspecified atom stereocenters. The molecule has 1 N–H and O–H groups in total. The zero-order chi connectivity index (χ0) is 18.4. The van der Waals surface area contributed by atoms with Gasteiger partial charge < -0.3 is 10.2 Å². The summed E-state index contributed by atoms with van der Waals surface area (Å²) in [5.74, 6) is -0.712. The Morgan fingerprint density at radius 3 is 2.62 bits per heavy atom. The van der Waals surface area contributed by atoms with Crippen LogP contribution in [0.1, 0.15) is 12.1 Å². The van der Waals surface area contributed by atoms with E-state index in [-0.39, 0.29) is 11.6 Å². The second-order valence-electron chi connectivity index (χ2n) is 6.36. The minimum Gasteiger partial charge on any atom is -0.324 e. The van der Waals surface area contributed by atoms with Gasteiger partial charge in [0.25, 0.3) is 0 Å². The molecule has 7 heteroatoms. The van der Waals surface area contributed by atoms with Gasteiger partial charge in [-0.1, -0.05) is 17.7 Å². The van der Waals surface area contributed by atoms with E-state index in [4.69, 9.17) is 11.6 Å². The summed E-state index contributed by atoms with van der Waals surface area (Å²) in [6.07, 6.45) is 2.15. The number of amides is 1. The van der Waals surface area contributed by atoms with Crippen molar-refractivity contribution in [1.82, 2.24) is 14.8 Å². The van der Waals surface area contributed by atoms with Gasteiger partial charge in [0, 0.05) is 56.9 Å². The first kappa shape index (κ1) is 18.8. The lowest BCUT2D eigenvalue weighted by molar-refractivity contribution is -0.116. The number of hydrogen-bond donors (Lipinski definition) is 1. The number of nitrogens with zero attached hydrogens (tertiary/aromatic N) is 3. The van der Waals surface area contributed by atoms with E-state index < -0.39 is 5.82 Å². The Hall–Kier alpha value is -2.02. The molecule has 0 atom stereocenters. The average molecular weight is 377 g/mol. The standard InChI is InChI=1S/C19H22ClFN4O/c20-15-4-5-18(17(21)13-15)23-19(26)6-8-24-9-11-25(12-10-24)14-16-3-1-2-7-22-16/h1-5,7,13H,6,8-12,14H2,(H,23,26). The highest BCUT2D eigenvalue weighted by atomic mass is 35.5. The van der Waals surface area contributed by atoms with Gasteiger partial charge in [-0.3, -0.25) is 14.7 Å². The highest BCUT2D eigenvalue weighted by Gasteiger charge is 2.18. The highest BCUT2D eigenvalue weighted by Crippen LogP contribution is 2.19. The molecule has 0 spiro atoms. The Morgan fingerprint density at radius 2 is 1.92 bits per heavy atom. The number of halogens is 2. The summed E-state index contributed by atoms with van der Waals surface area (Å²) in [7, 11) is 0. The molecule has 2 aromatic rings. The fraction of sp³-hybridized carbons (Fsp3) is 0.368. The number of pyridine rings is 1. The molecule has 1 aliphatic rings. The van der Waals surface area contributed by atoms with Crippen LogP contribution in [-0.4, -0.2) is 53.4 Å². The molecule has 1 aromatic carbocycles. The number of hydrogen-bond acceptors (Lipinski definition) is 4. The monoisotopic (exact) mass is 376 g/mol. The van der Waals surface area contributed by atoms with Gasteiger partial charge in [0.2, 0.25) is 5.91 Å². The van der Waals surface area contributed by atoms with Crippen molar-refractivity contribution in [3.63, 3.8) is 0 Å². The molecule has 138 valence electrons. The summed E-state index contributed by atoms with van der Waals surface area (Å²) in [5.41, 5.74) is 1.24. The molecule has 5 nitrogen and oxygen atoms in total. The van der Waals surface area contributed by atoms with Crippen molar-refractivity contribution in [2.45, 2.75) is 13.0 Å². The van der Waals surface area contributed by atoms with Crippen LogP contribution >= 0.6 is 11.6 Å². The van der Waals surface area contributed by atoms with Crippen LogP contribution in [0.2, 0.25) is 5.02 Å². The summed E-state index contributed by atoms with van der Waals surface area (Å²) < 4.78 is 13.7. The van der Waals surface area contributed by atoms with Crippen LogP contribution < -0.4 is 5.32 Å². The summed E-state index contributed by atoms with van der Waals surface area (Å²) in [4.78, 5) is 21.0. The Morgan fingerprint density at radius 1 is 1.15 bits per heavy atom. The number of piperazine rings is 1. The number of anilines is 1. The molecule has 1 aromatic heterocycles. The van der Waals surface area contributed by atoms with Gasteiger partial charge in [0.05, 0.1) is 11.4 Å². The van der Waals surface area contributed by atoms with Gasteiger partial charge in [-0.15, -0.1) is 0 Å². The molecule has 1 aliphatic heterocycles. The lowest BCUT2D eigenvalue weighted by atomic mass is 10.2. The largest absolute Gasteiger partial charge is 0.324 e. The number of rotatable bonds is 6. The van der Waals surface area contributed by atoms with Crippen LogP contribution in [-0.2, 0) is 11.3 Å². The summed E-state index contributed by atoms with van der Waals surface area (Å²) >= 11 is 5.71. The van der Waals surface area contributed by atoms with E-state index in [0.29, 0.717) is 18.0 Å². The predicted octanol–water partition coefficient (Wildman–Crippen LogP) is 3.02. The van der Waals surface area contributed by atoms with Crippen molar-refractivity contribution >= 4 is 23.2 Å². The van der Waals surface area contributed by atoms with Crippen molar-refractivity contribution in [3.8, 4) is 0 Å². The molecule has 0 bridgehead atoms. The van der Waals surface area contributed by atoms with E-state index in [1.165, 1.54) is 12.1 Å². The molecular formula is C19H22ClFN4O. The molecule has 3 rings (SSSR count). The first-order valence-corrected chi connectivity index (χ1v) is 9.07. The van der Waals surface area contributed by atoms with Crippen LogP contribution in [0.15, 0.2) is 42.6 Å². The van der Waals surface area contributed by atoms with E-state index in [1.54, 1.807) is 6.07 Å². The van der Waals surface area contributed by atoms with Crippen LogP contribution in [0.4, 0.5) is 10.1 Å². The van der Waals surface area contributed by atoms with Crippen molar-refractivity contribution in [2.75, 3.05) is 38.0 Å². The number of nitrogens with one attached hydrogen (secondary N) is 1. The maximum atomic E-state index is 13.7. The maximum absolute atomic E-state index is 13.7. The second-order valence-corrected chi connectivity index (χ2v) is 6.80. The second kappa shape index (κ2) is 9.07. The molecule has 0 saturated carbocycles.